The molecule has 0 fully saturated rings. The van der Waals surface area contributed by atoms with Crippen LogP contribution in [0.5, 0.6) is 0 Å². The van der Waals surface area contributed by atoms with E-state index in [0.717, 1.165) is 22.5 Å². The highest BCUT2D eigenvalue weighted by atomic mass is 35.5. The minimum Gasteiger partial charge on any atom is -0.395 e. The maximum atomic E-state index is 12.8. The first-order chi connectivity index (χ1) is 7.93. The number of rotatable bonds is 5. The van der Waals surface area contributed by atoms with Crippen LogP contribution in [0.25, 0.3) is 0 Å². The summed E-state index contributed by atoms with van der Waals surface area (Å²) in [4.78, 5) is -0.157. The standard InChI is InChI=1S/C10H13ClFNO3S/c1-2-13(5-6-14)17(15,16)10-4-3-8(12)7-9(10)11/h3-4,7,14H,2,5-6H2,1H3. The predicted octanol–water partition coefficient (Wildman–Crippen LogP) is 1.48. The lowest BCUT2D eigenvalue weighted by Gasteiger charge is -2.19. The van der Waals surface area contributed by atoms with Gasteiger partial charge in [0.15, 0.2) is 0 Å². The van der Waals surface area contributed by atoms with Crippen LogP contribution in [-0.4, -0.2) is 37.5 Å². The molecule has 0 atom stereocenters. The summed E-state index contributed by atoms with van der Waals surface area (Å²) in [6.07, 6.45) is 0. The Morgan fingerprint density at radius 3 is 2.59 bits per heavy atom. The third-order valence-electron chi connectivity index (χ3n) is 2.21. The highest BCUT2D eigenvalue weighted by Crippen LogP contribution is 2.25. The van der Waals surface area contributed by atoms with Crippen LogP contribution in [0.4, 0.5) is 4.39 Å². The molecule has 1 aromatic rings. The van der Waals surface area contributed by atoms with E-state index in [2.05, 4.69) is 0 Å². The second kappa shape index (κ2) is 5.77. The van der Waals surface area contributed by atoms with E-state index in [-0.39, 0.29) is 29.6 Å². The first-order valence-electron chi connectivity index (χ1n) is 4.99. The monoisotopic (exact) mass is 281 g/mol. The quantitative estimate of drug-likeness (QED) is 0.889. The fourth-order valence-electron chi connectivity index (χ4n) is 1.38. The summed E-state index contributed by atoms with van der Waals surface area (Å²) in [5.41, 5.74) is 0. The Balaban J connectivity index is 3.20. The summed E-state index contributed by atoms with van der Waals surface area (Å²) < 4.78 is 38.1. The highest BCUT2D eigenvalue weighted by Gasteiger charge is 2.25. The molecule has 0 amide bonds. The van der Waals surface area contributed by atoms with E-state index in [1.54, 1.807) is 6.92 Å². The van der Waals surface area contributed by atoms with E-state index in [9.17, 15) is 12.8 Å². The number of aliphatic hydroxyl groups is 1. The van der Waals surface area contributed by atoms with Gasteiger partial charge in [-0.2, -0.15) is 4.31 Å². The van der Waals surface area contributed by atoms with Crippen LogP contribution in [0.3, 0.4) is 0 Å². The van der Waals surface area contributed by atoms with Gasteiger partial charge in [-0.3, -0.25) is 0 Å². The predicted molar refractivity (Wildman–Crippen MR) is 62.9 cm³/mol. The van der Waals surface area contributed by atoms with E-state index < -0.39 is 15.8 Å². The van der Waals surface area contributed by atoms with Crippen LogP contribution < -0.4 is 0 Å². The fraction of sp³-hybridized carbons (Fsp3) is 0.400. The van der Waals surface area contributed by atoms with Crippen LogP contribution in [0, 0.1) is 5.82 Å². The maximum Gasteiger partial charge on any atom is 0.244 e. The molecular weight excluding hydrogens is 269 g/mol. The first-order valence-corrected chi connectivity index (χ1v) is 6.81. The zero-order valence-electron chi connectivity index (χ0n) is 9.23. The Hall–Kier alpha value is -0.690. The number of likely N-dealkylation sites (N-methyl/N-ethyl adjacent to an activating group) is 1. The molecular formula is C10H13ClFNO3S. The second-order valence-electron chi connectivity index (χ2n) is 3.30. The van der Waals surface area contributed by atoms with Crippen LogP contribution in [0.2, 0.25) is 5.02 Å². The lowest BCUT2D eigenvalue weighted by molar-refractivity contribution is 0.257. The third kappa shape index (κ3) is 3.16. The van der Waals surface area contributed by atoms with Crippen molar-refractivity contribution >= 4 is 21.6 Å². The number of benzene rings is 1. The van der Waals surface area contributed by atoms with Gasteiger partial charge in [0.2, 0.25) is 10.0 Å². The van der Waals surface area contributed by atoms with Gasteiger partial charge in [0.1, 0.15) is 10.7 Å². The molecule has 7 heteroatoms. The molecule has 17 heavy (non-hydrogen) atoms. The Morgan fingerprint density at radius 1 is 1.47 bits per heavy atom. The molecule has 0 aliphatic carbocycles. The van der Waals surface area contributed by atoms with Gasteiger partial charge >= 0.3 is 0 Å². The zero-order valence-corrected chi connectivity index (χ0v) is 10.8. The zero-order chi connectivity index (χ0) is 13.1. The fourth-order valence-corrected chi connectivity index (χ4v) is 3.33. The van der Waals surface area contributed by atoms with Gasteiger partial charge in [0, 0.05) is 13.1 Å². The van der Waals surface area contributed by atoms with Crippen molar-refractivity contribution in [3.63, 3.8) is 0 Å². The van der Waals surface area contributed by atoms with E-state index in [4.69, 9.17) is 16.7 Å². The molecule has 0 aliphatic rings. The van der Waals surface area contributed by atoms with E-state index in [0.29, 0.717) is 0 Å². The minimum atomic E-state index is -3.79. The SMILES string of the molecule is CCN(CCO)S(=O)(=O)c1ccc(F)cc1Cl. The Kier molecular flexibility index (Phi) is 4.88. The van der Waals surface area contributed by atoms with E-state index in [1.807, 2.05) is 0 Å². The maximum absolute atomic E-state index is 12.8. The number of halogens is 2. The molecule has 4 nitrogen and oxygen atoms in total. The molecule has 0 unspecified atom stereocenters. The van der Waals surface area contributed by atoms with Crippen LogP contribution in [0.1, 0.15) is 6.92 Å². The average Bonchev–Trinajstić information content (AvgIpc) is 2.24. The van der Waals surface area contributed by atoms with Gasteiger partial charge in [-0.05, 0) is 18.2 Å². The lowest BCUT2D eigenvalue weighted by atomic mass is 10.3. The van der Waals surface area contributed by atoms with Crippen molar-refractivity contribution in [2.45, 2.75) is 11.8 Å². The molecule has 1 N–H and O–H groups in total. The second-order valence-corrected chi connectivity index (χ2v) is 5.61. The van der Waals surface area contributed by atoms with Gasteiger partial charge < -0.3 is 5.11 Å². The molecule has 0 saturated carbocycles. The lowest BCUT2D eigenvalue weighted by Crippen LogP contribution is -2.33. The van der Waals surface area contributed by atoms with Gasteiger partial charge in [-0.1, -0.05) is 18.5 Å². The smallest absolute Gasteiger partial charge is 0.244 e. The van der Waals surface area contributed by atoms with Crippen molar-refractivity contribution in [2.75, 3.05) is 19.7 Å². The summed E-state index contributed by atoms with van der Waals surface area (Å²) in [5.74, 6) is -0.598. The molecule has 0 bridgehead atoms. The Morgan fingerprint density at radius 2 is 2.12 bits per heavy atom. The van der Waals surface area contributed by atoms with Crippen molar-refractivity contribution in [3.8, 4) is 0 Å². The summed E-state index contributed by atoms with van der Waals surface area (Å²) in [7, 11) is -3.79. The molecule has 0 radical (unpaired) electrons. The summed E-state index contributed by atoms with van der Waals surface area (Å²) in [6, 6.07) is 3.10. The van der Waals surface area contributed by atoms with Gasteiger partial charge in [-0.25, -0.2) is 12.8 Å². The highest BCUT2D eigenvalue weighted by molar-refractivity contribution is 7.89. The molecule has 0 aromatic heterocycles. The third-order valence-corrected chi connectivity index (χ3v) is 4.67. The largest absolute Gasteiger partial charge is 0.395 e. The summed E-state index contributed by atoms with van der Waals surface area (Å²) >= 11 is 5.71. The average molecular weight is 282 g/mol. The molecule has 0 aliphatic heterocycles. The van der Waals surface area contributed by atoms with Gasteiger partial charge in [0.25, 0.3) is 0 Å². The van der Waals surface area contributed by atoms with Crippen molar-refractivity contribution in [2.24, 2.45) is 0 Å². The molecule has 1 aromatic carbocycles. The Labute approximate surface area is 105 Å². The van der Waals surface area contributed by atoms with Crippen LogP contribution in [-0.2, 0) is 10.0 Å². The van der Waals surface area contributed by atoms with Crippen molar-refractivity contribution in [1.82, 2.24) is 4.31 Å². The molecule has 96 valence electrons. The first kappa shape index (κ1) is 14.4. The van der Waals surface area contributed by atoms with Gasteiger partial charge in [0.05, 0.1) is 11.6 Å². The number of nitrogens with zero attached hydrogens (tertiary/aromatic N) is 1. The number of sulfonamides is 1. The molecule has 0 heterocycles. The normalized spacial score (nSPS) is 12.1. The number of hydrogen-bond acceptors (Lipinski definition) is 3. The van der Waals surface area contributed by atoms with Crippen LogP contribution >= 0.6 is 11.6 Å². The van der Waals surface area contributed by atoms with Crippen molar-refractivity contribution < 1.29 is 17.9 Å². The topological polar surface area (TPSA) is 57.6 Å². The molecule has 1 rings (SSSR count). The number of aliphatic hydroxyl groups excluding tert-OH is 1. The van der Waals surface area contributed by atoms with Crippen molar-refractivity contribution in [3.05, 3.63) is 29.0 Å². The Bertz CT molecular complexity index is 492. The summed E-state index contributed by atoms with van der Waals surface area (Å²) in [5, 5.41) is 8.63. The van der Waals surface area contributed by atoms with Gasteiger partial charge in [-0.15, -0.1) is 0 Å². The number of hydrogen-bond donors (Lipinski definition) is 1. The van der Waals surface area contributed by atoms with E-state index in [1.165, 1.54) is 0 Å². The molecule has 0 saturated heterocycles. The minimum absolute atomic E-state index is 0.0213. The van der Waals surface area contributed by atoms with E-state index >= 15 is 0 Å². The summed E-state index contributed by atoms with van der Waals surface area (Å²) in [6.45, 7) is 1.54. The van der Waals surface area contributed by atoms with Crippen molar-refractivity contribution in [1.29, 1.82) is 0 Å². The van der Waals surface area contributed by atoms with Crippen LogP contribution in [0.15, 0.2) is 23.1 Å². The molecule has 0 spiro atoms.